The van der Waals surface area contributed by atoms with Gasteiger partial charge in [0, 0.05) is 9.77 Å². The lowest BCUT2D eigenvalue weighted by Gasteiger charge is -2.33. The third kappa shape index (κ3) is 4.68. The number of ether oxygens (including phenoxy) is 1. The van der Waals surface area contributed by atoms with Crippen molar-refractivity contribution in [2.75, 3.05) is 23.3 Å². The molecule has 0 unspecified atom stereocenters. The maximum absolute atomic E-state index is 14.3. The first-order valence-electron chi connectivity index (χ1n) is 13.9. The number of thiophene rings is 1. The third-order valence-corrected chi connectivity index (χ3v) is 10.6. The number of esters is 1. The molecular weight excluding hydrogens is 556 g/mol. The minimum Gasteiger partial charge on any atom is -0.465 e. The number of fused-ring (bicyclic) bond motifs is 2. The van der Waals surface area contributed by atoms with E-state index in [-0.39, 0.29) is 11.3 Å². The number of amides is 2. The monoisotopic (exact) mass is 590 g/mol. The van der Waals surface area contributed by atoms with Crippen molar-refractivity contribution in [3.63, 3.8) is 0 Å². The van der Waals surface area contributed by atoms with Crippen LogP contribution in [0.3, 0.4) is 0 Å². The van der Waals surface area contributed by atoms with Crippen molar-refractivity contribution in [2.24, 2.45) is 17.3 Å². The Hall–Kier alpha value is -3.14. The van der Waals surface area contributed by atoms with Crippen molar-refractivity contribution < 1.29 is 24.0 Å². The molecule has 1 aliphatic carbocycles. The van der Waals surface area contributed by atoms with Crippen molar-refractivity contribution in [3.05, 3.63) is 76.2 Å². The number of hydrogen-bond donors (Lipinski definition) is 0. The van der Waals surface area contributed by atoms with Crippen LogP contribution in [0.4, 0.5) is 10.7 Å². The van der Waals surface area contributed by atoms with Crippen molar-refractivity contribution in [2.45, 2.75) is 57.1 Å². The van der Waals surface area contributed by atoms with E-state index in [1.807, 2.05) is 60.9 Å². The largest absolute Gasteiger partial charge is 0.465 e. The Kier molecular flexibility index (Phi) is 7.24. The molecule has 0 bridgehead atoms. The average molecular weight is 591 g/mol. The molecule has 2 aromatic carbocycles. The predicted octanol–water partition coefficient (Wildman–Crippen LogP) is 6.46. The molecule has 9 heteroatoms. The number of carbonyl (C=O) groups is 3. The number of carbonyl (C=O) groups excluding carboxylic acids is 3. The molecule has 7 nitrogen and oxygen atoms in total. The highest BCUT2D eigenvalue weighted by Gasteiger charge is 2.61. The summed E-state index contributed by atoms with van der Waals surface area (Å²) in [5, 5.41) is 2.07. The zero-order valence-electron chi connectivity index (χ0n) is 23.9. The smallest absolute Gasteiger partial charge is 0.341 e. The van der Waals surface area contributed by atoms with Crippen LogP contribution in [0.5, 0.6) is 0 Å². The Balaban J connectivity index is 1.42. The summed E-state index contributed by atoms with van der Waals surface area (Å²) < 4.78 is 5.18. The Labute approximate surface area is 248 Å². The van der Waals surface area contributed by atoms with Gasteiger partial charge < -0.3 is 4.74 Å². The van der Waals surface area contributed by atoms with E-state index in [4.69, 9.17) is 9.57 Å². The fourth-order valence-electron chi connectivity index (χ4n) is 6.33. The second kappa shape index (κ2) is 10.6. The lowest BCUT2D eigenvalue weighted by Crippen LogP contribution is -2.37. The van der Waals surface area contributed by atoms with E-state index in [0.29, 0.717) is 22.9 Å². The number of anilines is 2. The van der Waals surface area contributed by atoms with E-state index in [2.05, 4.69) is 20.8 Å². The van der Waals surface area contributed by atoms with Gasteiger partial charge in [-0.3, -0.25) is 14.4 Å². The molecule has 2 amide bonds. The molecule has 3 heterocycles. The molecule has 214 valence electrons. The van der Waals surface area contributed by atoms with Crippen LogP contribution in [0.15, 0.2) is 59.5 Å². The van der Waals surface area contributed by atoms with Crippen LogP contribution in [-0.4, -0.2) is 37.3 Å². The average Bonchev–Trinajstić information content (AvgIpc) is 3.62. The number of methoxy groups -OCH3 is 1. The van der Waals surface area contributed by atoms with Crippen LogP contribution >= 0.6 is 23.1 Å². The van der Waals surface area contributed by atoms with Gasteiger partial charge in [0.2, 0.25) is 5.91 Å². The molecule has 0 saturated carbocycles. The number of benzene rings is 2. The van der Waals surface area contributed by atoms with E-state index in [9.17, 15) is 14.4 Å². The minimum absolute atomic E-state index is 0.109. The lowest BCUT2D eigenvalue weighted by atomic mass is 9.72. The molecule has 0 spiro atoms. The van der Waals surface area contributed by atoms with Gasteiger partial charge in [0.05, 0.1) is 24.4 Å². The summed E-state index contributed by atoms with van der Waals surface area (Å²) in [5.74, 6) is -1.64. The first-order chi connectivity index (χ1) is 19.6. The highest BCUT2D eigenvalue weighted by atomic mass is 32.2. The van der Waals surface area contributed by atoms with Crippen LogP contribution in [0.2, 0.25) is 0 Å². The highest BCUT2D eigenvalue weighted by molar-refractivity contribution is 7.98. The minimum atomic E-state index is -1.00. The van der Waals surface area contributed by atoms with Crippen LogP contribution < -0.4 is 9.96 Å². The van der Waals surface area contributed by atoms with Crippen molar-refractivity contribution in [3.8, 4) is 0 Å². The molecule has 2 fully saturated rings. The molecule has 0 radical (unpaired) electrons. The molecule has 41 heavy (non-hydrogen) atoms. The van der Waals surface area contributed by atoms with Crippen molar-refractivity contribution >= 4 is 51.6 Å². The van der Waals surface area contributed by atoms with Gasteiger partial charge in [-0.2, -0.15) is 0 Å². The number of hydrogen-bond acceptors (Lipinski definition) is 8. The summed E-state index contributed by atoms with van der Waals surface area (Å²) in [6, 6.07) is 17.0. The first-order valence-corrected chi connectivity index (χ1v) is 15.9. The van der Waals surface area contributed by atoms with E-state index in [0.717, 1.165) is 39.4 Å². The van der Waals surface area contributed by atoms with Crippen molar-refractivity contribution in [1.29, 1.82) is 0 Å². The van der Waals surface area contributed by atoms with E-state index < -0.39 is 29.9 Å². The summed E-state index contributed by atoms with van der Waals surface area (Å²) in [6.45, 7) is 6.69. The van der Waals surface area contributed by atoms with Gasteiger partial charge in [0.25, 0.3) is 5.91 Å². The Morgan fingerprint density at radius 2 is 1.76 bits per heavy atom. The molecule has 4 atom stereocenters. The van der Waals surface area contributed by atoms with E-state index in [1.165, 1.54) is 23.3 Å². The number of nitrogens with zero attached hydrogens (tertiary/aromatic N) is 2. The van der Waals surface area contributed by atoms with E-state index >= 15 is 0 Å². The topological polar surface area (TPSA) is 76.2 Å². The van der Waals surface area contributed by atoms with Gasteiger partial charge in [-0.25, -0.2) is 14.8 Å². The molecule has 3 aliphatic rings. The fraction of sp³-hybridized carbons (Fsp3) is 0.406. The predicted molar refractivity (Wildman–Crippen MR) is 161 cm³/mol. The number of hydroxylamine groups is 1. The SMILES string of the molecule is COC(=O)c1c(N2C(=O)[C@@H]3[C@H](ON(c4ccccc4)[C@H]3c3ccc(SC)cc3)C2=O)sc2c1CC[C@@H](C(C)(C)C)C2. The summed E-state index contributed by atoms with van der Waals surface area (Å²) >= 11 is 3.02. The first kappa shape index (κ1) is 28.0. The summed E-state index contributed by atoms with van der Waals surface area (Å²) in [5.41, 5.74) is 3.02. The van der Waals surface area contributed by atoms with Crippen LogP contribution in [-0.2, 0) is 32.0 Å². The van der Waals surface area contributed by atoms with Crippen LogP contribution in [0, 0.1) is 17.3 Å². The maximum Gasteiger partial charge on any atom is 0.341 e. The molecule has 2 aliphatic heterocycles. The normalized spacial score (nSPS) is 24.0. The molecule has 6 rings (SSSR count). The third-order valence-electron chi connectivity index (χ3n) is 8.65. The van der Waals surface area contributed by atoms with Gasteiger partial charge >= 0.3 is 5.97 Å². The number of rotatable bonds is 5. The van der Waals surface area contributed by atoms with Crippen LogP contribution in [0.25, 0.3) is 0 Å². The van der Waals surface area contributed by atoms with Gasteiger partial charge in [-0.1, -0.05) is 51.1 Å². The van der Waals surface area contributed by atoms with Gasteiger partial charge in [-0.15, -0.1) is 23.1 Å². The highest BCUT2D eigenvalue weighted by Crippen LogP contribution is 2.51. The Bertz CT molecular complexity index is 1490. The summed E-state index contributed by atoms with van der Waals surface area (Å²) in [4.78, 5) is 51.2. The molecule has 3 aromatic rings. The molecule has 1 aromatic heterocycles. The number of para-hydroxylation sites is 1. The molecule has 2 saturated heterocycles. The second-order valence-electron chi connectivity index (χ2n) is 11.9. The zero-order valence-corrected chi connectivity index (χ0v) is 25.5. The quantitative estimate of drug-likeness (QED) is 0.192. The molecular formula is C32H34N2O5S2. The number of thioether (sulfide) groups is 1. The van der Waals surface area contributed by atoms with Crippen LogP contribution in [0.1, 0.15) is 59.6 Å². The van der Waals surface area contributed by atoms with Gasteiger partial charge in [0.15, 0.2) is 6.10 Å². The molecule has 0 N–H and O–H groups in total. The fourth-order valence-corrected chi connectivity index (χ4v) is 8.17. The zero-order chi connectivity index (χ0) is 29.1. The second-order valence-corrected chi connectivity index (χ2v) is 13.9. The Morgan fingerprint density at radius 1 is 1.05 bits per heavy atom. The number of imide groups is 1. The van der Waals surface area contributed by atoms with Gasteiger partial charge in [-0.05, 0) is 72.2 Å². The van der Waals surface area contributed by atoms with Crippen molar-refractivity contribution in [1.82, 2.24) is 0 Å². The maximum atomic E-state index is 14.3. The summed E-state index contributed by atoms with van der Waals surface area (Å²) in [7, 11) is 1.34. The van der Waals surface area contributed by atoms with E-state index in [1.54, 1.807) is 16.8 Å². The Morgan fingerprint density at radius 3 is 2.39 bits per heavy atom. The lowest BCUT2D eigenvalue weighted by molar-refractivity contribution is -0.126. The van der Waals surface area contributed by atoms with Gasteiger partial charge in [0.1, 0.15) is 10.9 Å². The standard InChI is InChI=1S/C32H34N2O5S2/c1-32(2,3)19-13-16-22-23(17-19)41-30(24(22)31(37)38-4)33-28(35)25-26(18-11-14-21(40-5)15-12-18)34(39-27(25)29(33)36)20-9-7-6-8-10-20/h6-12,14-15,19,25-27H,13,16-17H2,1-5H3/t19-,25+,26+,27+/m1/s1. The summed E-state index contributed by atoms with van der Waals surface area (Å²) in [6.07, 6.45) is 3.47.